The SMILES string of the molecule is [CH-]=CC(O)=C[CH]=[Zn]. The summed E-state index contributed by atoms with van der Waals surface area (Å²) in [7, 11) is 0. The molecule has 0 rings (SSSR count). The Bertz CT molecular complexity index is 105. The third kappa shape index (κ3) is 3.61. The summed E-state index contributed by atoms with van der Waals surface area (Å²) in [6.07, 6.45) is 2.73. The molecule has 0 heterocycles. The van der Waals surface area contributed by atoms with Crippen LogP contribution in [0, 0.1) is 6.58 Å². The van der Waals surface area contributed by atoms with Gasteiger partial charge in [-0.25, -0.2) is 0 Å². The summed E-state index contributed by atoms with van der Waals surface area (Å²) in [5, 5.41) is 8.53. The number of hydrogen-bond donors (Lipinski definition) is 1. The van der Waals surface area contributed by atoms with Crippen LogP contribution in [0.25, 0.3) is 0 Å². The van der Waals surface area contributed by atoms with Crippen LogP contribution in [0.4, 0.5) is 0 Å². The molecular formula is C5H5OZn-. The Morgan fingerprint density at radius 2 is 2.29 bits per heavy atom. The molecule has 0 aromatic rings. The number of rotatable bonds is 2. The van der Waals surface area contributed by atoms with Gasteiger partial charge < -0.3 is 0 Å². The van der Waals surface area contributed by atoms with Crippen molar-refractivity contribution in [3.05, 3.63) is 24.5 Å². The zero-order valence-electron chi connectivity index (χ0n) is 3.96. The van der Waals surface area contributed by atoms with Crippen LogP contribution in [0.1, 0.15) is 0 Å². The summed E-state index contributed by atoms with van der Waals surface area (Å²) >= 11 is 1.04. The van der Waals surface area contributed by atoms with Gasteiger partial charge in [-0.15, -0.1) is 0 Å². The van der Waals surface area contributed by atoms with Crippen LogP contribution in [-0.2, 0) is 17.9 Å². The van der Waals surface area contributed by atoms with E-state index in [-0.39, 0.29) is 5.76 Å². The maximum atomic E-state index is 8.53. The van der Waals surface area contributed by atoms with E-state index in [1.54, 1.807) is 6.08 Å². The van der Waals surface area contributed by atoms with Gasteiger partial charge in [0, 0.05) is 0 Å². The zero-order valence-corrected chi connectivity index (χ0v) is 6.93. The molecule has 0 aliphatic heterocycles. The molecule has 0 unspecified atom stereocenters. The average molecular weight is 146 g/mol. The third-order valence-electron chi connectivity index (χ3n) is 0.459. The van der Waals surface area contributed by atoms with E-state index in [0.717, 1.165) is 23.9 Å². The Hall–Kier alpha value is -0.227. The monoisotopic (exact) mass is 145 g/mol. The molecule has 0 saturated carbocycles. The second kappa shape index (κ2) is 3.95. The van der Waals surface area contributed by atoms with E-state index in [4.69, 9.17) is 11.7 Å². The fourth-order valence-electron chi connectivity index (χ4n) is 0.176. The van der Waals surface area contributed by atoms with Gasteiger partial charge in [0.15, 0.2) is 0 Å². The number of aliphatic hydroxyl groups is 1. The van der Waals surface area contributed by atoms with Gasteiger partial charge in [0.2, 0.25) is 0 Å². The van der Waals surface area contributed by atoms with Crippen LogP contribution in [0.15, 0.2) is 17.9 Å². The molecule has 0 spiro atoms. The summed E-state index contributed by atoms with van der Waals surface area (Å²) in [6.45, 7) is 4.91. The maximum absolute atomic E-state index is 8.53. The Balaban J connectivity index is 3.72. The first-order valence-electron chi connectivity index (χ1n) is 1.88. The van der Waals surface area contributed by atoms with Crippen molar-refractivity contribution in [2.24, 2.45) is 0 Å². The Kier molecular flexibility index (Phi) is 3.82. The van der Waals surface area contributed by atoms with Crippen molar-refractivity contribution >= 4 is 4.61 Å². The number of allylic oxidation sites excluding steroid dienone is 2. The Labute approximate surface area is 52.6 Å². The van der Waals surface area contributed by atoms with E-state index in [9.17, 15) is 0 Å². The zero-order chi connectivity index (χ0) is 5.70. The van der Waals surface area contributed by atoms with Crippen LogP contribution in [0.3, 0.4) is 0 Å². The second-order valence-electron chi connectivity index (χ2n) is 0.994. The molecule has 1 nitrogen and oxygen atoms in total. The van der Waals surface area contributed by atoms with E-state index >= 15 is 0 Å². The first-order valence-corrected chi connectivity index (χ1v) is 3.59. The first-order chi connectivity index (χ1) is 3.31. The molecule has 0 aliphatic rings. The van der Waals surface area contributed by atoms with Gasteiger partial charge >= 0.3 is 52.1 Å². The predicted octanol–water partition coefficient (Wildman–Crippen LogP) is 0.766. The minimum absolute atomic E-state index is 0.131. The van der Waals surface area contributed by atoms with Crippen molar-refractivity contribution in [3.63, 3.8) is 0 Å². The van der Waals surface area contributed by atoms with Crippen molar-refractivity contribution in [1.82, 2.24) is 0 Å². The van der Waals surface area contributed by atoms with Crippen LogP contribution in [-0.4, -0.2) is 9.72 Å². The van der Waals surface area contributed by atoms with Gasteiger partial charge in [-0.2, -0.15) is 0 Å². The molecule has 0 saturated heterocycles. The normalized spacial score (nSPS) is 10.9. The fraction of sp³-hybridized carbons (Fsp3) is 0. The van der Waals surface area contributed by atoms with Crippen molar-refractivity contribution in [2.45, 2.75) is 0 Å². The van der Waals surface area contributed by atoms with Crippen molar-refractivity contribution in [1.29, 1.82) is 0 Å². The molecule has 0 fully saturated rings. The van der Waals surface area contributed by atoms with Crippen LogP contribution < -0.4 is 0 Å². The van der Waals surface area contributed by atoms with E-state index in [2.05, 4.69) is 0 Å². The van der Waals surface area contributed by atoms with Gasteiger partial charge in [-0.1, -0.05) is 0 Å². The molecule has 0 aliphatic carbocycles. The standard InChI is InChI=1S/C5H5O.Zn/c1-3-5(6)4-2;/h1-4,6H;/q-1;. The Morgan fingerprint density at radius 1 is 1.71 bits per heavy atom. The van der Waals surface area contributed by atoms with E-state index in [1.807, 2.05) is 4.61 Å². The summed E-state index contributed by atoms with van der Waals surface area (Å²) in [6, 6.07) is 0. The minimum atomic E-state index is 0.131. The molecule has 34 valence electrons. The van der Waals surface area contributed by atoms with Crippen molar-refractivity contribution < 1.29 is 23.0 Å². The molecule has 0 aromatic heterocycles. The van der Waals surface area contributed by atoms with Crippen LogP contribution in [0.2, 0.25) is 0 Å². The molecule has 1 N–H and O–H groups in total. The third-order valence-corrected chi connectivity index (χ3v) is 0.954. The van der Waals surface area contributed by atoms with Gasteiger partial charge in [0.1, 0.15) is 0 Å². The molecule has 7 heavy (non-hydrogen) atoms. The number of hydrogen-bond acceptors (Lipinski definition) is 1. The molecule has 0 bridgehead atoms. The van der Waals surface area contributed by atoms with Crippen molar-refractivity contribution in [3.8, 4) is 0 Å². The molecule has 0 amide bonds. The molecule has 0 radical (unpaired) electrons. The van der Waals surface area contributed by atoms with Gasteiger partial charge in [-0.3, -0.25) is 0 Å². The van der Waals surface area contributed by atoms with E-state index in [0.29, 0.717) is 0 Å². The van der Waals surface area contributed by atoms with Crippen molar-refractivity contribution in [2.75, 3.05) is 0 Å². The molecular weight excluding hydrogens is 141 g/mol. The van der Waals surface area contributed by atoms with E-state index < -0.39 is 0 Å². The molecule has 0 aromatic carbocycles. The predicted molar refractivity (Wildman–Crippen MR) is 25.6 cm³/mol. The number of aliphatic hydroxyl groups excluding tert-OH is 1. The average Bonchev–Trinajstić information content (AvgIpc) is 1.68. The van der Waals surface area contributed by atoms with Gasteiger partial charge in [-0.05, 0) is 0 Å². The van der Waals surface area contributed by atoms with Gasteiger partial charge in [0.05, 0.1) is 0 Å². The quantitative estimate of drug-likeness (QED) is 0.264. The fourth-order valence-corrected chi connectivity index (χ4v) is 0.683. The topological polar surface area (TPSA) is 20.2 Å². The molecule has 2 heteroatoms. The Morgan fingerprint density at radius 3 is 2.43 bits per heavy atom. The van der Waals surface area contributed by atoms with E-state index in [1.165, 1.54) is 0 Å². The van der Waals surface area contributed by atoms with Crippen LogP contribution >= 0.6 is 0 Å². The summed E-state index contributed by atoms with van der Waals surface area (Å²) in [5.41, 5.74) is 0. The summed E-state index contributed by atoms with van der Waals surface area (Å²) in [4.78, 5) is 0. The first kappa shape index (κ1) is 6.77. The van der Waals surface area contributed by atoms with Gasteiger partial charge in [0.25, 0.3) is 0 Å². The molecule has 0 atom stereocenters. The van der Waals surface area contributed by atoms with Crippen LogP contribution in [0.5, 0.6) is 0 Å². The summed E-state index contributed by atoms with van der Waals surface area (Å²) < 4.78 is 1.83. The second-order valence-corrected chi connectivity index (χ2v) is 1.98. The summed E-state index contributed by atoms with van der Waals surface area (Å²) in [5.74, 6) is 0.131.